The maximum absolute atomic E-state index is 13.1. The van der Waals surface area contributed by atoms with Crippen molar-refractivity contribution in [3.05, 3.63) is 81.7 Å². The fourth-order valence-corrected chi connectivity index (χ4v) is 6.60. The lowest BCUT2D eigenvalue weighted by Crippen LogP contribution is -3.15. The number of imide groups is 1. The number of nitrogens with zero attached hydrogens (tertiary/aromatic N) is 2. The second kappa shape index (κ2) is 8.75. The predicted molar refractivity (Wildman–Crippen MR) is 138 cm³/mol. The van der Waals surface area contributed by atoms with Crippen LogP contribution in [0.25, 0.3) is 20.9 Å². The highest BCUT2D eigenvalue weighted by Crippen LogP contribution is 2.36. The summed E-state index contributed by atoms with van der Waals surface area (Å²) >= 11 is 7.95. The lowest BCUT2D eigenvalue weighted by atomic mass is 9.94. The molecule has 1 saturated heterocycles. The summed E-state index contributed by atoms with van der Waals surface area (Å²) in [5, 5.41) is 3.11. The number of rotatable bonds is 4. The molecular formula is C27H23ClN3O3S+. The highest BCUT2D eigenvalue weighted by atomic mass is 35.5. The normalized spacial score (nSPS) is 16.5. The third-order valence-corrected chi connectivity index (χ3v) is 8.70. The Kier molecular flexibility index (Phi) is 5.56. The van der Waals surface area contributed by atoms with Crippen molar-refractivity contribution in [1.82, 2.24) is 9.80 Å². The van der Waals surface area contributed by atoms with Crippen LogP contribution >= 0.6 is 22.9 Å². The Morgan fingerprint density at radius 2 is 1.57 bits per heavy atom. The maximum atomic E-state index is 13.1. The highest BCUT2D eigenvalue weighted by Gasteiger charge is 2.34. The molecule has 0 atom stereocenters. The number of halogens is 1. The molecule has 35 heavy (non-hydrogen) atoms. The van der Waals surface area contributed by atoms with Gasteiger partial charge in [0.15, 0.2) is 0 Å². The Morgan fingerprint density at radius 3 is 2.23 bits per heavy atom. The summed E-state index contributed by atoms with van der Waals surface area (Å²) in [5.41, 5.74) is 1.17. The van der Waals surface area contributed by atoms with Crippen LogP contribution < -0.4 is 4.90 Å². The van der Waals surface area contributed by atoms with Gasteiger partial charge in [0.05, 0.1) is 44.3 Å². The lowest BCUT2D eigenvalue weighted by Gasteiger charge is -2.33. The van der Waals surface area contributed by atoms with Crippen molar-refractivity contribution in [1.29, 1.82) is 0 Å². The smallest absolute Gasteiger partial charge is 0.265 e. The Labute approximate surface area is 211 Å². The molecular weight excluding hydrogens is 482 g/mol. The Balaban J connectivity index is 1.11. The van der Waals surface area contributed by atoms with Crippen molar-refractivity contribution in [2.24, 2.45) is 0 Å². The largest absolute Gasteiger partial charge is 0.331 e. The fraction of sp³-hybridized carbons (Fsp3) is 0.222. The number of amides is 3. The summed E-state index contributed by atoms with van der Waals surface area (Å²) < 4.78 is 1.01. The van der Waals surface area contributed by atoms with Gasteiger partial charge in [-0.3, -0.25) is 19.3 Å². The second-order valence-corrected chi connectivity index (χ2v) is 10.4. The number of quaternary nitrogens is 1. The minimum Gasteiger partial charge on any atom is -0.331 e. The summed E-state index contributed by atoms with van der Waals surface area (Å²) in [6.45, 7) is 3.76. The van der Waals surface area contributed by atoms with Gasteiger partial charge in [-0.25, -0.2) is 0 Å². The van der Waals surface area contributed by atoms with Crippen molar-refractivity contribution in [3.8, 4) is 0 Å². The van der Waals surface area contributed by atoms with E-state index in [0.29, 0.717) is 47.2 Å². The zero-order valence-corrected chi connectivity index (χ0v) is 20.5. The van der Waals surface area contributed by atoms with Crippen LogP contribution in [0.2, 0.25) is 5.02 Å². The van der Waals surface area contributed by atoms with Gasteiger partial charge in [-0.15, -0.1) is 11.3 Å². The second-order valence-electron chi connectivity index (χ2n) is 9.00. The van der Waals surface area contributed by atoms with Crippen LogP contribution in [-0.4, -0.2) is 66.8 Å². The molecule has 0 spiro atoms. The van der Waals surface area contributed by atoms with E-state index in [2.05, 4.69) is 0 Å². The molecule has 2 aliphatic rings. The van der Waals surface area contributed by atoms with Gasteiger partial charge in [0.2, 0.25) is 0 Å². The van der Waals surface area contributed by atoms with E-state index in [1.807, 2.05) is 53.4 Å². The first-order valence-corrected chi connectivity index (χ1v) is 12.9. The monoisotopic (exact) mass is 504 g/mol. The van der Waals surface area contributed by atoms with E-state index in [1.54, 1.807) is 12.1 Å². The van der Waals surface area contributed by atoms with E-state index >= 15 is 0 Å². The zero-order valence-electron chi connectivity index (χ0n) is 18.9. The summed E-state index contributed by atoms with van der Waals surface area (Å²) in [6.07, 6.45) is 0. The van der Waals surface area contributed by atoms with Crippen molar-refractivity contribution in [2.45, 2.75) is 0 Å². The van der Waals surface area contributed by atoms with Gasteiger partial charge in [0.1, 0.15) is 4.88 Å². The summed E-state index contributed by atoms with van der Waals surface area (Å²) in [7, 11) is 0. The molecule has 176 valence electrons. The third-order valence-electron chi connectivity index (χ3n) is 7.03. The molecule has 0 radical (unpaired) electrons. The zero-order chi connectivity index (χ0) is 24.1. The third kappa shape index (κ3) is 3.71. The van der Waals surface area contributed by atoms with Crippen molar-refractivity contribution < 1.29 is 19.3 Å². The molecule has 3 aromatic carbocycles. The molecule has 1 fully saturated rings. The van der Waals surface area contributed by atoms with Crippen LogP contribution in [0.4, 0.5) is 0 Å². The summed E-state index contributed by atoms with van der Waals surface area (Å²) in [4.78, 5) is 44.5. The predicted octanol–water partition coefficient (Wildman–Crippen LogP) is 3.34. The number of carbonyl (C=O) groups is 3. The summed E-state index contributed by atoms with van der Waals surface area (Å²) in [5.74, 6) is -0.486. The van der Waals surface area contributed by atoms with Gasteiger partial charge >= 0.3 is 0 Å². The van der Waals surface area contributed by atoms with Crippen LogP contribution in [-0.2, 0) is 0 Å². The van der Waals surface area contributed by atoms with Crippen LogP contribution in [0, 0.1) is 0 Å². The molecule has 8 heteroatoms. The van der Waals surface area contributed by atoms with E-state index in [1.165, 1.54) is 21.1 Å². The number of piperazine rings is 1. The lowest BCUT2D eigenvalue weighted by molar-refractivity contribution is -0.903. The van der Waals surface area contributed by atoms with Crippen molar-refractivity contribution in [3.63, 3.8) is 0 Å². The number of hydrogen-bond acceptors (Lipinski definition) is 4. The van der Waals surface area contributed by atoms with E-state index in [-0.39, 0.29) is 17.7 Å². The average Bonchev–Trinajstić information content (AvgIpc) is 3.23. The molecule has 1 N–H and O–H groups in total. The van der Waals surface area contributed by atoms with Crippen LogP contribution in [0.1, 0.15) is 30.4 Å². The highest BCUT2D eigenvalue weighted by molar-refractivity contribution is 7.21. The molecule has 0 saturated carbocycles. The van der Waals surface area contributed by atoms with Gasteiger partial charge in [0, 0.05) is 26.6 Å². The van der Waals surface area contributed by atoms with E-state index in [4.69, 9.17) is 11.6 Å². The number of thiophene rings is 1. The van der Waals surface area contributed by atoms with Crippen LogP contribution in [0.3, 0.4) is 0 Å². The maximum Gasteiger partial charge on any atom is 0.265 e. The van der Waals surface area contributed by atoms with Gasteiger partial charge in [-0.2, -0.15) is 0 Å². The standard InChI is InChI=1S/C27H22ClN3O3S/c28-23-18-7-1-2-10-21(18)35-24(23)27(34)30-14-11-29(12-15-30)13-16-31-25(32)19-8-3-5-17-6-4-9-20(22(17)19)26(31)33/h1-10H,11-16H2/p+1. The molecule has 3 amide bonds. The van der Waals surface area contributed by atoms with Gasteiger partial charge < -0.3 is 9.80 Å². The van der Waals surface area contributed by atoms with E-state index in [0.717, 1.165) is 33.9 Å². The minimum absolute atomic E-state index is 0.0265. The first kappa shape index (κ1) is 22.2. The molecule has 3 heterocycles. The fourth-order valence-electron chi connectivity index (χ4n) is 5.12. The molecule has 6 rings (SSSR count). The molecule has 6 nitrogen and oxygen atoms in total. The first-order valence-electron chi connectivity index (χ1n) is 11.7. The molecule has 0 bridgehead atoms. The molecule has 0 aliphatic carbocycles. The Morgan fingerprint density at radius 1 is 0.914 bits per heavy atom. The van der Waals surface area contributed by atoms with E-state index in [9.17, 15) is 14.4 Å². The van der Waals surface area contributed by atoms with Gasteiger partial charge in [-0.05, 0) is 23.6 Å². The number of benzene rings is 3. The Hall–Kier alpha value is -3.26. The minimum atomic E-state index is -0.230. The van der Waals surface area contributed by atoms with Crippen molar-refractivity contribution in [2.75, 3.05) is 39.3 Å². The quantitative estimate of drug-likeness (QED) is 0.434. The number of fused-ring (bicyclic) bond motifs is 1. The van der Waals surface area contributed by atoms with E-state index < -0.39 is 0 Å². The van der Waals surface area contributed by atoms with Gasteiger partial charge in [0.25, 0.3) is 17.7 Å². The number of carbonyl (C=O) groups excluding carboxylic acids is 3. The number of nitrogens with one attached hydrogen (secondary N) is 1. The number of hydrogen-bond donors (Lipinski definition) is 1. The van der Waals surface area contributed by atoms with Gasteiger partial charge in [-0.1, -0.05) is 54.1 Å². The summed E-state index contributed by atoms with van der Waals surface area (Å²) in [6, 6.07) is 19.0. The van der Waals surface area contributed by atoms with Crippen LogP contribution in [0.5, 0.6) is 0 Å². The SMILES string of the molecule is O=C(c1sc2ccccc2c1Cl)N1CC[NH+](CCN2C(=O)c3cccc4cccc(c34)C2=O)CC1. The molecule has 0 unspecified atom stereocenters. The molecule has 2 aliphatic heterocycles. The first-order chi connectivity index (χ1) is 17.0. The topological polar surface area (TPSA) is 62.1 Å². The molecule has 1 aromatic heterocycles. The van der Waals surface area contributed by atoms with Crippen LogP contribution in [0.15, 0.2) is 60.7 Å². The van der Waals surface area contributed by atoms with Crippen molar-refractivity contribution >= 4 is 61.5 Å². The molecule has 4 aromatic rings. The average molecular weight is 505 g/mol. The Bertz CT molecular complexity index is 1460.